The second-order valence-electron chi connectivity index (χ2n) is 27.1. The third-order valence-electron chi connectivity index (χ3n) is 21.2. The fraction of sp³-hybridized carbons (Fsp3) is 0.377. The van der Waals surface area contributed by atoms with Gasteiger partial charge >= 0.3 is 0 Å². The van der Waals surface area contributed by atoms with Crippen molar-refractivity contribution in [2.75, 3.05) is 0 Å². The van der Waals surface area contributed by atoms with Crippen LogP contribution in [0.1, 0.15) is 228 Å². The average Bonchev–Trinajstić information content (AvgIpc) is 1.61. The predicted molar refractivity (Wildman–Crippen MR) is 347 cm³/mol. The van der Waals surface area contributed by atoms with Gasteiger partial charge in [0, 0.05) is 43.8 Å². The molecule has 3 aliphatic heterocycles. The van der Waals surface area contributed by atoms with Crippen LogP contribution >= 0.6 is 0 Å². The molecule has 0 N–H and O–H groups in total. The lowest BCUT2D eigenvalue weighted by molar-refractivity contribution is 0.569. The lowest BCUT2D eigenvalue weighted by atomic mass is 9.33. The highest BCUT2D eigenvalue weighted by Crippen LogP contribution is 2.63. The summed E-state index contributed by atoms with van der Waals surface area (Å²) in [5.74, 6) is 1.87. The van der Waals surface area contributed by atoms with Gasteiger partial charge in [-0.3, -0.25) is 0 Å². The van der Waals surface area contributed by atoms with Crippen LogP contribution in [0.2, 0.25) is 0 Å². The normalized spacial score (nSPS) is 14.6. The molecule has 5 heterocycles. The quantitative estimate of drug-likeness (QED) is 0.102. The first-order chi connectivity index (χ1) is 38.6. The fourth-order valence-corrected chi connectivity index (χ4v) is 16.8. The van der Waals surface area contributed by atoms with Crippen molar-refractivity contribution in [1.82, 2.24) is 9.13 Å². The molecule has 8 aromatic carbocycles. The molecule has 0 amide bonds. The van der Waals surface area contributed by atoms with Gasteiger partial charge in [-0.15, -0.1) is 0 Å². The molecule has 14 rings (SSSR count). The monoisotopic (exact) mass is 1050 g/mol. The van der Waals surface area contributed by atoms with Crippen LogP contribution < -0.4 is 16.4 Å². The Labute approximate surface area is 478 Å². The van der Waals surface area contributed by atoms with E-state index in [-0.39, 0.29) is 17.5 Å². The first-order valence-electron chi connectivity index (χ1n) is 31.5. The second kappa shape index (κ2) is 18.2. The molecular formula is C77H83BN2. The Kier molecular flexibility index (Phi) is 11.7. The van der Waals surface area contributed by atoms with Gasteiger partial charge in [0.05, 0.1) is 22.1 Å². The molecule has 0 unspecified atom stereocenters. The highest BCUT2D eigenvalue weighted by atomic mass is 15.1. The van der Waals surface area contributed by atoms with E-state index in [0.29, 0.717) is 23.7 Å². The molecule has 1 spiro atoms. The van der Waals surface area contributed by atoms with Crippen molar-refractivity contribution in [2.24, 2.45) is 0 Å². The van der Waals surface area contributed by atoms with E-state index in [9.17, 15) is 0 Å². The zero-order chi connectivity index (χ0) is 55.6. The van der Waals surface area contributed by atoms with Crippen LogP contribution in [-0.4, -0.2) is 15.8 Å². The number of fused-ring (bicyclic) bond motifs is 14. The van der Waals surface area contributed by atoms with Crippen molar-refractivity contribution in [1.29, 1.82) is 0 Å². The summed E-state index contributed by atoms with van der Waals surface area (Å²) in [6, 6.07) is 53.6. The van der Waals surface area contributed by atoms with Crippen molar-refractivity contribution in [3.05, 3.63) is 183 Å². The molecule has 3 heteroatoms. The highest BCUT2D eigenvalue weighted by molar-refractivity contribution is 7.00. The number of hydrogen-bond donors (Lipinski definition) is 0. The lowest BCUT2D eigenvalue weighted by Gasteiger charge is -2.45. The Hall–Kier alpha value is -6.58. The molecule has 10 aromatic rings. The summed E-state index contributed by atoms with van der Waals surface area (Å²) in [7, 11) is 0. The Morgan fingerprint density at radius 3 is 1.35 bits per heavy atom. The minimum absolute atomic E-state index is 0.00340. The van der Waals surface area contributed by atoms with Gasteiger partial charge in [0.1, 0.15) is 0 Å². The van der Waals surface area contributed by atoms with E-state index in [1.807, 2.05) is 0 Å². The van der Waals surface area contributed by atoms with E-state index in [4.69, 9.17) is 0 Å². The molecule has 404 valence electrons. The topological polar surface area (TPSA) is 9.86 Å². The molecule has 0 atom stereocenters. The Morgan fingerprint density at radius 2 is 0.838 bits per heavy atom. The summed E-state index contributed by atoms with van der Waals surface area (Å²) in [4.78, 5) is 0. The minimum Gasteiger partial charge on any atom is -0.310 e. The van der Waals surface area contributed by atoms with E-state index in [2.05, 4.69) is 233 Å². The van der Waals surface area contributed by atoms with Crippen molar-refractivity contribution in [2.45, 2.75) is 188 Å². The summed E-state index contributed by atoms with van der Waals surface area (Å²) >= 11 is 0. The van der Waals surface area contributed by atoms with Crippen LogP contribution in [0.4, 0.5) is 0 Å². The van der Waals surface area contributed by atoms with E-state index in [1.54, 1.807) is 0 Å². The Morgan fingerprint density at radius 1 is 0.388 bits per heavy atom. The SMILES string of the molecule is CCC(CC)c1ccc2c(c1)c1cc(C(CC)CC)cc3c1n2-c1c(-c2cc(C(C)(C)C)cc(C(C)(C)C)c2)cc2c4c1B3c1cc(C(CC)CC)cc3c5cc(C(CC)CC)cc(c5n-4c13)C21c2ccccc2-c2ccccc21. The zero-order valence-corrected chi connectivity index (χ0v) is 50.6. The number of hydrogen-bond acceptors (Lipinski definition) is 0. The van der Waals surface area contributed by atoms with E-state index in [0.717, 1.165) is 51.4 Å². The molecule has 0 radical (unpaired) electrons. The van der Waals surface area contributed by atoms with Crippen molar-refractivity contribution in [3.8, 4) is 33.6 Å². The molecule has 1 aliphatic carbocycles. The van der Waals surface area contributed by atoms with Gasteiger partial charge in [-0.1, -0.05) is 188 Å². The van der Waals surface area contributed by atoms with Crippen LogP contribution in [-0.2, 0) is 16.2 Å². The fourth-order valence-electron chi connectivity index (χ4n) is 16.8. The smallest absolute Gasteiger partial charge is 0.252 e. The van der Waals surface area contributed by atoms with E-state index in [1.165, 1.54) is 149 Å². The van der Waals surface area contributed by atoms with Gasteiger partial charge in [-0.05, 0) is 211 Å². The largest absolute Gasteiger partial charge is 0.310 e. The van der Waals surface area contributed by atoms with Crippen molar-refractivity contribution in [3.63, 3.8) is 0 Å². The predicted octanol–water partition coefficient (Wildman–Crippen LogP) is 19.6. The third-order valence-corrected chi connectivity index (χ3v) is 21.2. The van der Waals surface area contributed by atoms with Gasteiger partial charge in [-0.2, -0.15) is 0 Å². The van der Waals surface area contributed by atoms with Crippen LogP contribution in [0, 0.1) is 0 Å². The van der Waals surface area contributed by atoms with Gasteiger partial charge < -0.3 is 9.13 Å². The summed E-state index contributed by atoms with van der Waals surface area (Å²) in [5, 5.41) is 5.69. The van der Waals surface area contributed by atoms with Crippen LogP contribution in [0.5, 0.6) is 0 Å². The standard InChI is InChI=1S/C77H83BN2/c1-15-44(16-2)48-31-32-68-58(35-48)59-37-50(46(19-5)20-6)40-66-71(59)79(68)73-57(52-33-53(75(9,10)11)42-54(34-52)76(12,13)14)43-65-74-69(73)78(66)67-41-51(47(21-7)22-8)38-61-60-36-49(45(17-3)18-4)39-64(70(60)80(74)72(61)67)77(65)62-29-25-23-27-55(62)56-28-24-26-30-63(56)77/h23-47H,15-22H2,1-14H3. The summed E-state index contributed by atoms with van der Waals surface area (Å²) in [6.45, 7) is 33.7. The summed E-state index contributed by atoms with van der Waals surface area (Å²) in [6.07, 6.45) is 8.95. The van der Waals surface area contributed by atoms with E-state index >= 15 is 0 Å². The third kappa shape index (κ3) is 6.79. The van der Waals surface area contributed by atoms with Gasteiger partial charge in [0.15, 0.2) is 0 Å². The molecule has 80 heavy (non-hydrogen) atoms. The Bertz CT molecular complexity index is 4140. The Balaban J connectivity index is 1.29. The maximum absolute atomic E-state index is 2.88. The zero-order valence-electron chi connectivity index (χ0n) is 50.6. The van der Waals surface area contributed by atoms with Crippen LogP contribution in [0.25, 0.3) is 77.2 Å². The van der Waals surface area contributed by atoms with Gasteiger partial charge in [0.2, 0.25) is 0 Å². The van der Waals surface area contributed by atoms with Crippen LogP contribution in [0.3, 0.4) is 0 Å². The summed E-state index contributed by atoms with van der Waals surface area (Å²) in [5.41, 5.74) is 31.9. The molecule has 2 aromatic heterocycles. The maximum atomic E-state index is 2.88. The van der Waals surface area contributed by atoms with Crippen molar-refractivity contribution >= 4 is 66.7 Å². The highest BCUT2D eigenvalue weighted by Gasteiger charge is 2.55. The number of nitrogens with zero attached hydrogens (tertiary/aromatic N) is 2. The molecule has 2 nitrogen and oxygen atoms in total. The minimum atomic E-state index is -0.596. The maximum Gasteiger partial charge on any atom is 0.252 e. The molecule has 0 fully saturated rings. The van der Waals surface area contributed by atoms with Gasteiger partial charge in [-0.25, -0.2) is 0 Å². The number of aromatic nitrogens is 2. The second-order valence-corrected chi connectivity index (χ2v) is 27.1. The number of benzene rings is 8. The first kappa shape index (κ1) is 51.6. The molecule has 0 saturated carbocycles. The first-order valence-corrected chi connectivity index (χ1v) is 31.5. The average molecular weight is 1050 g/mol. The lowest BCUT2D eigenvalue weighted by Crippen LogP contribution is -2.61. The van der Waals surface area contributed by atoms with Gasteiger partial charge in [0.25, 0.3) is 6.71 Å². The summed E-state index contributed by atoms with van der Waals surface area (Å²) < 4.78 is 5.71. The van der Waals surface area contributed by atoms with Crippen molar-refractivity contribution < 1.29 is 0 Å². The molecule has 0 bridgehead atoms. The number of rotatable bonds is 13. The molecule has 0 saturated heterocycles. The van der Waals surface area contributed by atoms with E-state index < -0.39 is 5.41 Å². The molecular weight excluding hydrogens is 964 g/mol. The molecule has 4 aliphatic rings. The van der Waals surface area contributed by atoms with Crippen LogP contribution in [0.15, 0.2) is 127 Å².